The van der Waals surface area contributed by atoms with Crippen molar-refractivity contribution in [2.24, 2.45) is 0 Å². The predicted octanol–water partition coefficient (Wildman–Crippen LogP) is 0.928. The highest BCUT2D eigenvalue weighted by molar-refractivity contribution is 6.37. The number of fused-ring (bicyclic) bond motifs is 2. The van der Waals surface area contributed by atoms with Crippen molar-refractivity contribution in [2.75, 3.05) is 0 Å². The van der Waals surface area contributed by atoms with Gasteiger partial charge < -0.3 is 9.84 Å². The van der Waals surface area contributed by atoms with E-state index in [9.17, 15) is 14.7 Å². The largest absolute Gasteiger partial charge is 0.485 e. The van der Waals surface area contributed by atoms with Crippen LogP contribution in [0, 0.1) is 0 Å². The molecule has 0 aromatic heterocycles. The molecule has 1 aromatic rings. The number of aliphatic hydroxyl groups is 1. The lowest BCUT2D eigenvalue weighted by molar-refractivity contribution is -0.146. The van der Waals surface area contributed by atoms with E-state index < -0.39 is 24.1 Å². The molecule has 0 saturated carbocycles. The molecule has 0 fully saturated rings. The number of ether oxygens (including phenoxy) is 1. The Morgan fingerprint density at radius 1 is 1.26 bits per heavy atom. The van der Waals surface area contributed by atoms with Crippen molar-refractivity contribution < 1.29 is 19.4 Å². The Labute approximate surface area is 110 Å². The fourth-order valence-electron chi connectivity index (χ4n) is 2.57. The van der Waals surface area contributed by atoms with Gasteiger partial charge in [0.15, 0.2) is 0 Å². The van der Waals surface area contributed by atoms with Crippen LogP contribution in [0.3, 0.4) is 0 Å². The number of imide groups is 1. The molecule has 0 aliphatic carbocycles. The van der Waals surface area contributed by atoms with Gasteiger partial charge in [0.05, 0.1) is 11.1 Å². The first-order valence-electron chi connectivity index (χ1n) is 6.08. The minimum atomic E-state index is -1.15. The maximum absolute atomic E-state index is 12.3. The summed E-state index contributed by atoms with van der Waals surface area (Å²) in [6.07, 6.45) is -1.64. The van der Waals surface area contributed by atoms with Crippen LogP contribution < -0.4 is 4.74 Å². The van der Waals surface area contributed by atoms with Crippen molar-refractivity contribution in [1.29, 1.82) is 0 Å². The van der Waals surface area contributed by atoms with Crippen molar-refractivity contribution in [3.05, 3.63) is 35.4 Å². The Bertz CT molecular complexity index is 618. The van der Waals surface area contributed by atoms with Crippen LogP contribution >= 0.6 is 0 Å². The number of aliphatic hydroxyl groups excluding tert-OH is 1. The van der Waals surface area contributed by atoms with E-state index in [-0.39, 0.29) is 0 Å². The Kier molecular flexibility index (Phi) is 2.46. The molecule has 0 radical (unpaired) electrons. The van der Waals surface area contributed by atoms with Gasteiger partial charge in [-0.3, -0.25) is 9.59 Å². The minimum Gasteiger partial charge on any atom is -0.485 e. The van der Waals surface area contributed by atoms with Crippen LogP contribution in [-0.2, 0) is 9.59 Å². The van der Waals surface area contributed by atoms with Crippen LogP contribution in [0.2, 0.25) is 0 Å². The third-order valence-corrected chi connectivity index (χ3v) is 3.39. The molecule has 2 heterocycles. The van der Waals surface area contributed by atoms with Gasteiger partial charge in [0.1, 0.15) is 18.1 Å². The van der Waals surface area contributed by atoms with E-state index in [1.807, 2.05) is 6.07 Å². The van der Waals surface area contributed by atoms with Crippen molar-refractivity contribution in [3.63, 3.8) is 0 Å². The summed E-state index contributed by atoms with van der Waals surface area (Å²) in [4.78, 5) is 25.4. The number of hydrogen-bond acceptors (Lipinski definition) is 4. The molecule has 1 aromatic carbocycles. The third-order valence-electron chi connectivity index (χ3n) is 3.39. The molecule has 5 nitrogen and oxygen atoms in total. The Morgan fingerprint density at radius 2 is 1.95 bits per heavy atom. The highest BCUT2D eigenvalue weighted by atomic mass is 16.5. The van der Waals surface area contributed by atoms with Crippen molar-refractivity contribution in [3.8, 4) is 5.75 Å². The molecule has 0 bridgehead atoms. The van der Waals surface area contributed by atoms with Crippen molar-refractivity contribution in [1.82, 2.24) is 4.90 Å². The molecule has 19 heavy (non-hydrogen) atoms. The second kappa shape index (κ2) is 3.93. The molecule has 2 atom stereocenters. The van der Waals surface area contributed by atoms with Crippen LogP contribution in [-0.4, -0.2) is 34.2 Å². The lowest BCUT2D eigenvalue weighted by Crippen LogP contribution is -2.40. The van der Waals surface area contributed by atoms with Gasteiger partial charge in [-0.05, 0) is 19.9 Å². The SMILES string of the molecule is CC1Oc2ccccc2C2=C1C(=O)N(C(C)O)C2=O. The molecule has 2 amide bonds. The van der Waals surface area contributed by atoms with Crippen LogP contribution in [0.1, 0.15) is 19.4 Å². The molecule has 98 valence electrons. The fourth-order valence-corrected chi connectivity index (χ4v) is 2.57. The topological polar surface area (TPSA) is 66.8 Å². The van der Waals surface area contributed by atoms with E-state index in [0.29, 0.717) is 22.5 Å². The Morgan fingerprint density at radius 3 is 2.63 bits per heavy atom. The fraction of sp³-hybridized carbons (Fsp3) is 0.286. The molecule has 2 aliphatic heterocycles. The first-order chi connectivity index (χ1) is 9.02. The lowest BCUT2D eigenvalue weighted by Gasteiger charge is -2.23. The maximum atomic E-state index is 12.3. The number of amides is 2. The summed E-state index contributed by atoms with van der Waals surface area (Å²) in [6, 6.07) is 7.10. The van der Waals surface area contributed by atoms with Crippen molar-refractivity contribution in [2.45, 2.75) is 26.2 Å². The summed E-state index contributed by atoms with van der Waals surface area (Å²) in [6.45, 7) is 3.12. The normalized spacial score (nSPS) is 23.1. The first kappa shape index (κ1) is 11.9. The summed E-state index contributed by atoms with van der Waals surface area (Å²) in [5.41, 5.74) is 1.28. The Hall–Kier alpha value is -2.14. The molecule has 0 spiro atoms. The van der Waals surface area contributed by atoms with E-state index in [1.54, 1.807) is 25.1 Å². The summed E-state index contributed by atoms with van der Waals surface area (Å²) in [5, 5.41) is 9.59. The number of para-hydroxylation sites is 1. The zero-order valence-corrected chi connectivity index (χ0v) is 10.6. The molecule has 3 rings (SSSR count). The summed E-state index contributed by atoms with van der Waals surface area (Å²) >= 11 is 0. The molecule has 2 unspecified atom stereocenters. The summed E-state index contributed by atoms with van der Waals surface area (Å²) in [7, 11) is 0. The minimum absolute atomic E-state index is 0.324. The number of carbonyl (C=O) groups excluding carboxylic acids is 2. The zero-order chi connectivity index (χ0) is 13.7. The number of nitrogens with zero attached hydrogens (tertiary/aromatic N) is 1. The molecule has 5 heteroatoms. The van der Waals surface area contributed by atoms with Crippen molar-refractivity contribution >= 4 is 17.4 Å². The molecular weight excluding hydrogens is 246 g/mol. The number of benzene rings is 1. The quantitative estimate of drug-likeness (QED) is 0.762. The van der Waals surface area contributed by atoms with Crippen LogP contribution in [0.15, 0.2) is 29.8 Å². The van der Waals surface area contributed by atoms with Gasteiger partial charge >= 0.3 is 0 Å². The van der Waals surface area contributed by atoms with E-state index in [0.717, 1.165) is 4.90 Å². The van der Waals surface area contributed by atoms with Gasteiger partial charge in [0.2, 0.25) is 0 Å². The Balaban J connectivity index is 2.21. The number of rotatable bonds is 1. The van der Waals surface area contributed by atoms with E-state index in [1.165, 1.54) is 6.92 Å². The van der Waals surface area contributed by atoms with Crippen LogP contribution in [0.4, 0.5) is 0 Å². The van der Waals surface area contributed by atoms with Gasteiger partial charge in [-0.25, -0.2) is 4.90 Å². The van der Waals surface area contributed by atoms with E-state index in [2.05, 4.69) is 0 Å². The average Bonchev–Trinajstić information content (AvgIpc) is 2.62. The first-order valence-corrected chi connectivity index (χ1v) is 6.08. The van der Waals surface area contributed by atoms with Gasteiger partial charge in [-0.1, -0.05) is 18.2 Å². The van der Waals surface area contributed by atoms with E-state index in [4.69, 9.17) is 4.74 Å². The predicted molar refractivity (Wildman–Crippen MR) is 67.0 cm³/mol. The van der Waals surface area contributed by atoms with E-state index >= 15 is 0 Å². The third kappa shape index (κ3) is 1.51. The van der Waals surface area contributed by atoms with Crippen LogP contribution in [0.25, 0.3) is 5.57 Å². The smallest absolute Gasteiger partial charge is 0.264 e. The molecule has 2 aliphatic rings. The lowest BCUT2D eigenvalue weighted by atomic mass is 9.95. The highest BCUT2D eigenvalue weighted by Crippen LogP contribution is 2.41. The zero-order valence-electron chi connectivity index (χ0n) is 10.6. The summed E-state index contributed by atoms with van der Waals surface area (Å²) < 4.78 is 5.65. The molecular formula is C14H13NO4. The van der Waals surface area contributed by atoms with Crippen LogP contribution in [0.5, 0.6) is 5.75 Å². The highest BCUT2D eigenvalue weighted by Gasteiger charge is 2.46. The molecule has 1 N–H and O–H groups in total. The standard InChI is InChI=1S/C14H13NO4/c1-7-11-12(9-5-3-4-6-10(9)19-7)14(18)15(8(2)16)13(11)17/h3-8,16H,1-2H3. The number of hydrogen-bond donors (Lipinski definition) is 1. The maximum Gasteiger partial charge on any atom is 0.264 e. The van der Waals surface area contributed by atoms with Gasteiger partial charge in [-0.15, -0.1) is 0 Å². The average molecular weight is 259 g/mol. The number of carbonyl (C=O) groups is 2. The van der Waals surface area contributed by atoms with Gasteiger partial charge in [-0.2, -0.15) is 0 Å². The van der Waals surface area contributed by atoms with Gasteiger partial charge in [0.25, 0.3) is 11.8 Å². The monoisotopic (exact) mass is 259 g/mol. The summed E-state index contributed by atoms with van der Waals surface area (Å²) in [5.74, 6) is -0.350. The van der Waals surface area contributed by atoms with Gasteiger partial charge in [0, 0.05) is 5.56 Å². The second-order valence-electron chi connectivity index (χ2n) is 4.66. The second-order valence-corrected chi connectivity index (χ2v) is 4.66. The molecule has 0 saturated heterocycles.